The predicted octanol–water partition coefficient (Wildman–Crippen LogP) is 0.410. The quantitative estimate of drug-likeness (QED) is 0.763. The molecule has 0 fully saturated rings. The fourth-order valence-electron chi connectivity index (χ4n) is 1.43. The average molecular weight is 273 g/mol. The zero-order valence-corrected chi connectivity index (χ0v) is 10.3. The number of rotatable bonds is 5. The fraction of sp³-hybridized carbons (Fsp3) is 0.0833. The highest BCUT2D eigenvalue weighted by Gasteiger charge is 2.05. The molecule has 2 heterocycles. The zero-order valence-electron chi connectivity index (χ0n) is 10.3. The summed E-state index contributed by atoms with van der Waals surface area (Å²) >= 11 is 0. The second-order valence-corrected chi connectivity index (χ2v) is 3.79. The van der Waals surface area contributed by atoms with Gasteiger partial charge in [-0.2, -0.15) is 0 Å². The van der Waals surface area contributed by atoms with Crippen molar-refractivity contribution in [2.24, 2.45) is 0 Å². The van der Waals surface area contributed by atoms with Crippen molar-refractivity contribution in [1.29, 1.82) is 0 Å². The van der Waals surface area contributed by atoms with Crippen LogP contribution in [0, 0.1) is 0 Å². The summed E-state index contributed by atoms with van der Waals surface area (Å²) in [5.74, 6) is -1.01. The van der Waals surface area contributed by atoms with E-state index in [1.807, 2.05) is 0 Å². The molecule has 0 aromatic carbocycles. The number of nitrogens with zero attached hydrogens (tertiary/aromatic N) is 4. The smallest absolute Gasteiger partial charge is 0.328 e. The van der Waals surface area contributed by atoms with Gasteiger partial charge in [-0.3, -0.25) is 4.79 Å². The van der Waals surface area contributed by atoms with Crippen LogP contribution in [0.3, 0.4) is 0 Å². The Balaban J connectivity index is 2.00. The van der Waals surface area contributed by atoms with Gasteiger partial charge in [0.25, 0.3) is 0 Å². The van der Waals surface area contributed by atoms with Crippen LogP contribution in [-0.4, -0.2) is 37.0 Å². The second kappa shape index (κ2) is 6.23. The van der Waals surface area contributed by atoms with Gasteiger partial charge in [-0.25, -0.2) is 14.5 Å². The van der Waals surface area contributed by atoms with Crippen LogP contribution in [0.25, 0.3) is 6.08 Å². The first-order valence-corrected chi connectivity index (χ1v) is 5.64. The van der Waals surface area contributed by atoms with Crippen molar-refractivity contribution in [1.82, 2.24) is 20.0 Å². The van der Waals surface area contributed by atoms with Gasteiger partial charge in [0.1, 0.15) is 12.4 Å². The molecule has 0 unspecified atom stereocenters. The molecule has 8 nitrogen and oxygen atoms in total. The van der Waals surface area contributed by atoms with Gasteiger partial charge in [-0.05, 0) is 23.8 Å². The lowest BCUT2D eigenvalue weighted by molar-refractivity contribution is -0.131. The molecular weight excluding hydrogens is 262 g/mol. The number of pyridine rings is 1. The summed E-state index contributed by atoms with van der Waals surface area (Å²) in [4.78, 5) is 26.1. The average Bonchev–Trinajstić information content (AvgIpc) is 2.89. The molecule has 0 radical (unpaired) electrons. The van der Waals surface area contributed by atoms with E-state index in [1.165, 1.54) is 23.2 Å². The third kappa shape index (κ3) is 4.02. The Morgan fingerprint density at radius 1 is 1.40 bits per heavy atom. The first-order valence-electron chi connectivity index (χ1n) is 5.64. The molecule has 8 heteroatoms. The first kappa shape index (κ1) is 13.4. The van der Waals surface area contributed by atoms with E-state index < -0.39 is 5.97 Å². The summed E-state index contributed by atoms with van der Waals surface area (Å²) in [6.07, 6.45) is 6.95. The van der Waals surface area contributed by atoms with Gasteiger partial charge in [0.2, 0.25) is 5.91 Å². The van der Waals surface area contributed by atoms with E-state index in [-0.39, 0.29) is 12.5 Å². The Kier molecular flexibility index (Phi) is 4.17. The van der Waals surface area contributed by atoms with Gasteiger partial charge < -0.3 is 10.4 Å². The van der Waals surface area contributed by atoms with Crippen LogP contribution in [0.4, 0.5) is 5.82 Å². The number of nitrogens with one attached hydrogen (secondary N) is 1. The molecule has 0 saturated heterocycles. The van der Waals surface area contributed by atoms with Crippen molar-refractivity contribution in [3.8, 4) is 0 Å². The second-order valence-electron chi connectivity index (χ2n) is 3.79. The molecular formula is C12H11N5O3. The van der Waals surface area contributed by atoms with Crippen LogP contribution >= 0.6 is 0 Å². The van der Waals surface area contributed by atoms with E-state index in [0.29, 0.717) is 11.4 Å². The predicted molar refractivity (Wildman–Crippen MR) is 69.6 cm³/mol. The van der Waals surface area contributed by atoms with Crippen LogP contribution in [0.1, 0.15) is 5.56 Å². The standard InChI is InChI=1S/C12H11N5O3/c18-11(8-17-6-5-14-16-17)15-10-7-9(3-4-13-10)1-2-12(19)20/h1-7H,8H2,(H,19,20)(H,13,15,18)/b2-1+. The molecule has 102 valence electrons. The third-order valence-corrected chi connectivity index (χ3v) is 2.25. The highest BCUT2D eigenvalue weighted by Crippen LogP contribution is 2.08. The van der Waals surface area contributed by atoms with Crippen LogP contribution < -0.4 is 5.32 Å². The number of carbonyl (C=O) groups excluding carboxylic acids is 1. The zero-order chi connectivity index (χ0) is 14.4. The van der Waals surface area contributed by atoms with E-state index in [1.54, 1.807) is 18.3 Å². The van der Waals surface area contributed by atoms with Crippen molar-refractivity contribution >= 4 is 23.8 Å². The normalized spacial score (nSPS) is 10.6. The van der Waals surface area contributed by atoms with Gasteiger partial charge in [0, 0.05) is 18.5 Å². The monoisotopic (exact) mass is 273 g/mol. The van der Waals surface area contributed by atoms with E-state index in [4.69, 9.17) is 5.11 Å². The van der Waals surface area contributed by atoms with Crippen molar-refractivity contribution in [2.75, 3.05) is 5.32 Å². The molecule has 1 amide bonds. The van der Waals surface area contributed by atoms with Gasteiger partial charge in [-0.15, -0.1) is 5.10 Å². The van der Waals surface area contributed by atoms with Gasteiger partial charge in [0.05, 0.1) is 6.20 Å². The van der Waals surface area contributed by atoms with Gasteiger partial charge in [-0.1, -0.05) is 5.21 Å². The van der Waals surface area contributed by atoms with Crippen molar-refractivity contribution in [2.45, 2.75) is 6.54 Å². The number of amides is 1. The summed E-state index contributed by atoms with van der Waals surface area (Å²) < 4.78 is 1.38. The molecule has 2 rings (SSSR count). The fourth-order valence-corrected chi connectivity index (χ4v) is 1.43. The van der Waals surface area contributed by atoms with Crippen LogP contribution in [0.2, 0.25) is 0 Å². The number of hydrogen-bond donors (Lipinski definition) is 2. The molecule has 20 heavy (non-hydrogen) atoms. The van der Waals surface area contributed by atoms with E-state index in [9.17, 15) is 9.59 Å². The molecule has 0 atom stereocenters. The maximum Gasteiger partial charge on any atom is 0.328 e. The molecule has 0 aliphatic rings. The highest BCUT2D eigenvalue weighted by molar-refractivity contribution is 5.90. The first-order chi connectivity index (χ1) is 9.63. The minimum absolute atomic E-state index is 0.0247. The summed E-state index contributed by atoms with van der Waals surface area (Å²) in [6, 6.07) is 3.20. The lowest BCUT2D eigenvalue weighted by atomic mass is 10.2. The van der Waals surface area contributed by atoms with Crippen molar-refractivity contribution < 1.29 is 14.7 Å². The van der Waals surface area contributed by atoms with Crippen LogP contribution in [0.15, 0.2) is 36.8 Å². The van der Waals surface area contributed by atoms with Crippen LogP contribution in [-0.2, 0) is 16.1 Å². The van der Waals surface area contributed by atoms with Gasteiger partial charge >= 0.3 is 5.97 Å². The lowest BCUT2D eigenvalue weighted by Crippen LogP contribution is -2.19. The summed E-state index contributed by atoms with van der Waals surface area (Å²) in [6.45, 7) is 0.0247. The Morgan fingerprint density at radius 3 is 2.95 bits per heavy atom. The van der Waals surface area contributed by atoms with Crippen molar-refractivity contribution in [3.63, 3.8) is 0 Å². The number of carboxylic acids is 1. The minimum Gasteiger partial charge on any atom is -0.478 e. The molecule has 2 N–H and O–H groups in total. The Hall–Kier alpha value is -3.03. The molecule has 2 aromatic heterocycles. The Bertz CT molecular complexity index is 636. The maximum absolute atomic E-state index is 11.7. The third-order valence-electron chi connectivity index (χ3n) is 2.25. The number of carboxylic acid groups (broad SMARTS) is 1. The highest BCUT2D eigenvalue weighted by atomic mass is 16.4. The SMILES string of the molecule is O=C(O)/C=C/c1ccnc(NC(=O)Cn2ccnn2)c1. The number of hydrogen-bond acceptors (Lipinski definition) is 5. The number of aliphatic carboxylic acids is 1. The molecule has 0 aliphatic heterocycles. The molecule has 0 saturated carbocycles. The molecule has 0 aliphatic carbocycles. The summed E-state index contributed by atoms with van der Waals surface area (Å²) in [7, 11) is 0. The van der Waals surface area contributed by atoms with E-state index in [0.717, 1.165) is 6.08 Å². The maximum atomic E-state index is 11.7. The number of anilines is 1. The number of aromatic nitrogens is 4. The number of carbonyl (C=O) groups is 2. The lowest BCUT2D eigenvalue weighted by Gasteiger charge is -2.04. The largest absolute Gasteiger partial charge is 0.478 e. The van der Waals surface area contributed by atoms with Crippen LogP contribution in [0.5, 0.6) is 0 Å². The minimum atomic E-state index is -1.04. The Labute approximate surface area is 113 Å². The topological polar surface area (TPSA) is 110 Å². The van der Waals surface area contributed by atoms with E-state index in [2.05, 4.69) is 20.6 Å². The summed E-state index contributed by atoms with van der Waals surface area (Å²) in [5.41, 5.74) is 0.624. The van der Waals surface area contributed by atoms with E-state index >= 15 is 0 Å². The Morgan fingerprint density at radius 2 is 2.25 bits per heavy atom. The van der Waals surface area contributed by atoms with Gasteiger partial charge in [0.15, 0.2) is 0 Å². The summed E-state index contributed by atoms with van der Waals surface area (Å²) in [5, 5.41) is 18.4. The molecule has 2 aromatic rings. The van der Waals surface area contributed by atoms with Crippen molar-refractivity contribution in [3.05, 3.63) is 42.4 Å². The molecule has 0 bridgehead atoms. The molecule has 0 spiro atoms.